The van der Waals surface area contributed by atoms with Crippen molar-refractivity contribution in [1.82, 2.24) is 15.0 Å². The number of hydrazone groups is 1. The second-order valence-electron chi connectivity index (χ2n) is 6.85. The SMILES string of the molecule is O=[N+]([O-])c1cc(/C=N\Nc2nc(Nc3ccc(F)cc3)nc(N3CCOCC3)n2)ccc1Cl. The highest BCUT2D eigenvalue weighted by Gasteiger charge is 2.17. The molecule has 1 aliphatic heterocycles. The fraction of sp³-hybridized carbons (Fsp3) is 0.200. The monoisotopic (exact) mass is 472 g/mol. The number of hydrogen-bond acceptors (Lipinski definition) is 10. The Balaban J connectivity index is 1.56. The van der Waals surface area contributed by atoms with Gasteiger partial charge < -0.3 is 15.0 Å². The van der Waals surface area contributed by atoms with Gasteiger partial charge in [0.1, 0.15) is 10.8 Å². The number of nitro groups is 1. The van der Waals surface area contributed by atoms with Crippen LogP contribution in [0.4, 0.5) is 33.6 Å². The summed E-state index contributed by atoms with van der Waals surface area (Å²) >= 11 is 5.83. The average molecular weight is 473 g/mol. The molecule has 1 saturated heterocycles. The average Bonchev–Trinajstić information content (AvgIpc) is 2.82. The molecule has 0 spiro atoms. The number of benzene rings is 2. The van der Waals surface area contributed by atoms with Crippen molar-refractivity contribution in [2.24, 2.45) is 5.10 Å². The molecule has 2 aromatic carbocycles. The number of aromatic nitrogens is 3. The molecule has 0 saturated carbocycles. The lowest BCUT2D eigenvalue weighted by atomic mass is 10.2. The first-order valence-corrected chi connectivity index (χ1v) is 10.2. The van der Waals surface area contributed by atoms with Crippen LogP contribution in [0.15, 0.2) is 47.6 Å². The molecule has 170 valence electrons. The third-order valence-electron chi connectivity index (χ3n) is 4.56. The summed E-state index contributed by atoms with van der Waals surface area (Å²) in [6.07, 6.45) is 1.38. The van der Waals surface area contributed by atoms with E-state index in [1.807, 2.05) is 4.90 Å². The topological polar surface area (TPSA) is 131 Å². The van der Waals surface area contributed by atoms with Crippen LogP contribution in [0, 0.1) is 15.9 Å². The van der Waals surface area contributed by atoms with E-state index < -0.39 is 4.92 Å². The number of anilines is 4. The summed E-state index contributed by atoms with van der Waals surface area (Å²) in [7, 11) is 0. The lowest BCUT2D eigenvalue weighted by Crippen LogP contribution is -2.37. The minimum Gasteiger partial charge on any atom is -0.378 e. The van der Waals surface area contributed by atoms with Gasteiger partial charge in [0.15, 0.2) is 0 Å². The van der Waals surface area contributed by atoms with Crippen LogP contribution in [0.1, 0.15) is 5.56 Å². The number of nitrogens with one attached hydrogen (secondary N) is 2. The van der Waals surface area contributed by atoms with E-state index in [-0.39, 0.29) is 28.4 Å². The van der Waals surface area contributed by atoms with Crippen LogP contribution in [-0.4, -0.2) is 52.4 Å². The second-order valence-corrected chi connectivity index (χ2v) is 7.26. The summed E-state index contributed by atoms with van der Waals surface area (Å²) in [6, 6.07) is 10.1. The zero-order chi connectivity index (χ0) is 23.2. The van der Waals surface area contributed by atoms with Gasteiger partial charge in [-0.1, -0.05) is 17.7 Å². The molecule has 0 amide bonds. The number of ether oxygens (including phenoxy) is 1. The number of hydrogen-bond donors (Lipinski definition) is 2. The maximum absolute atomic E-state index is 13.2. The van der Waals surface area contributed by atoms with Gasteiger partial charge in [-0.25, -0.2) is 9.82 Å². The molecule has 4 rings (SSSR count). The Morgan fingerprint density at radius 2 is 1.85 bits per heavy atom. The zero-order valence-corrected chi connectivity index (χ0v) is 17.9. The Morgan fingerprint density at radius 3 is 2.58 bits per heavy atom. The first-order valence-electron chi connectivity index (χ1n) is 9.82. The molecular formula is C20H18ClFN8O3. The number of nitro benzene ring substituents is 1. The molecule has 0 atom stereocenters. The molecule has 11 nitrogen and oxygen atoms in total. The minimum atomic E-state index is -0.568. The van der Waals surface area contributed by atoms with Gasteiger partial charge in [0.05, 0.1) is 24.4 Å². The van der Waals surface area contributed by atoms with E-state index in [0.29, 0.717) is 43.5 Å². The molecule has 1 aliphatic rings. The van der Waals surface area contributed by atoms with Gasteiger partial charge in [-0.2, -0.15) is 20.1 Å². The summed E-state index contributed by atoms with van der Waals surface area (Å²) in [6.45, 7) is 2.31. The van der Waals surface area contributed by atoms with Crippen LogP contribution in [0.5, 0.6) is 0 Å². The minimum absolute atomic E-state index is 0.0363. The molecule has 1 fully saturated rings. The zero-order valence-electron chi connectivity index (χ0n) is 17.1. The fourth-order valence-electron chi connectivity index (χ4n) is 2.95. The molecule has 0 aliphatic carbocycles. The highest BCUT2D eigenvalue weighted by molar-refractivity contribution is 6.32. The Kier molecular flexibility index (Phi) is 6.86. The smallest absolute Gasteiger partial charge is 0.288 e. The van der Waals surface area contributed by atoms with Gasteiger partial charge in [0.25, 0.3) is 5.69 Å². The molecule has 1 aromatic heterocycles. The number of rotatable bonds is 7. The molecule has 0 radical (unpaired) electrons. The Bertz CT molecular complexity index is 1170. The lowest BCUT2D eigenvalue weighted by molar-refractivity contribution is -0.384. The molecule has 3 aromatic rings. The quantitative estimate of drug-likeness (QED) is 0.301. The largest absolute Gasteiger partial charge is 0.378 e. The van der Waals surface area contributed by atoms with Crippen molar-refractivity contribution >= 4 is 47.0 Å². The van der Waals surface area contributed by atoms with Gasteiger partial charge in [-0.05, 0) is 30.3 Å². The van der Waals surface area contributed by atoms with Crippen LogP contribution in [-0.2, 0) is 4.74 Å². The van der Waals surface area contributed by atoms with E-state index in [2.05, 4.69) is 30.8 Å². The van der Waals surface area contributed by atoms with Gasteiger partial charge >= 0.3 is 0 Å². The Morgan fingerprint density at radius 1 is 1.12 bits per heavy atom. The van der Waals surface area contributed by atoms with Crippen LogP contribution in [0.3, 0.4) is 0 Å². The molecule has 33 heavy (non-hydrogen) atoms. The van der Waals surface area contributed by atoms with E-state index in [9.17, 15) is 14.5 Å². The summed E-state index contributed by atoms with van der Waals surface area (Å²) in [4.78, 5) is 25.6. The molecule has 2 heterocycles. The normalized spacial score (nSPS) is 13.8. The van der Waals surface area contributed by atoms with Crippen LogP contribution < -0.4 is 15.6 Å². The van der Waals surface area contributed by atoms with Crippen molar-refractivity contribution in [2.45, 2.75) is 0 Å². The first-order chi connectivity index (χ1) is 16.0. The fourth-order valence-corrected chi connectivity index (χ4v) is 3.14. The van der Waals surface area contributed by atoms with Gasteiger partial charge in [-0.15, -0.1) is 0 Å². The first kappa shape index (κ1) is 22.3. The molecule has 0 unspecified atom stereocenters. The van der Waals surface area contributed by atoms with Crippen molar-refractivity contribution in [3.05, 3.63) is 69.0 Å². The predicted molar refractivity (Wildman–Crippen MR) is 122 cm³/mol. The third-order valence-corrected chi connectivity index (χ3v) is 4.88. The van der Waals surface area contributed by atoms with E-state index in [4.69, 9.17) is 16.3 Å². The van der Waals surface area contributed by atoms with Crippen molar-refractivity contribution in [3.8, 4) is 0 Å². The van der Waals surface area contributed by atoms with Crippen molar-refractivity contribution < 1.29 is 14.1 Å². The molecule has 2 N–H and O–H groups in total. The number of morpholine rings is 1. The Labute approximate surface area is 192 Å². The summed E-state index contributed by atoms with van der Waals surface area (Å²) in [5, 5.41) is 18.2. The summed E-state index contributed by atoms with van der Waals surface area (Å²) < 4.78 is 18.6. The van der Waals surface area contributed by atoms with Gasteiger partial charge in [0.2, 0.25) is 17.8 Å². The Hall–Kier alpha value is -3.90. The van der Waals surface area contributed by atoms with Gasteiger partial charge in [-0.3, -0.25) is 10.1 Å². The molecule has 13 heteroatoms. The van der Waals surface area contributed by atoms with Crippen molar-refractivity contribution in [1.29, 1.82) is 0 Å². The number of nitrogens with zero attached hydrogens (tertiary/aromatic N) is 6. The van der Waals surface area contributed by atoms with E-state index >= 15 is 0 Å². The van der Waals surface area contributed by atoms with Crippen molar-refractivity contribution in [2.75, 3.05) is 41.9 Å². The summed E-state index contributed by atoms with van der Waals surface area (Å²) in [5.41, 5.74) is 3.56. The summed E-state index contributed by atoms with van der Waals surface area (Å²) in [5.74, 6) is 0.441. The maximum atomic E-state index is 13.2. The lowest BCUT2D eigenvalue weighted by Gasteiger charge is -2.27. The second kappa shape index (κ2) is 10.1. The van der Waals surface area contributed by atoms with Crippen molar-refractivity contribution in [3.63, 3.8) is 0 Å². The van der Waals surface area contributed by atoms with Gasteiger partial charge in [0, 0.05) is 30.4 Å². The third kappa shape index (κ3) is 5.87. The molecule has 0 bridgehead atoms. The van der Waals surface area contributed by atoms with Crippen LogP contribution in [0.25, 0.3) is 0 Å². The number of halogens is 2. The standard InChI is InChI=1S/C20H18ClFN8O3/c21-16-6-1-13(11-17(16)30(31)32)12-23-28-19-25-18(24-15-4-2-14(22)3-5-15)26-20(27-19)29-7-9-33-10-8-29/h1-6,11-12H,7-10H2,(H2,24,25,26,27,28)/b23-12-. The highest BCUT2D eigenvalue weighted by Crippen LogP contribution is 2.24. The maximum Gasteiger partial charge on any atom is 0.288 e. The van der Waals surface area contributed by atoms with Crippen LogP contribution in [0.2, 0.25) is 5.02 Å². The highest BCUT2D eigenvalue weighted by atomic mass is 35.5. The van der Waals surface area contributed by atoms with E-state index in [1.54, 1.807) is 18.2 Å². The van der Waals surface area contributed by atoms with E-state index in [1.165, 1.54) is 30.5 Å². The predicted octanol–water partition coefficient (Wildman–Crippen LogP) is 3.60. The molecular weight excluding hydrogens is 455 g/mol. The van der Waals surface area contributed by atoms with Crippen LogP contribution >= 0.6 is 11.6 Å². The van der Waals surface area contributed by atoms with E-state index in [0.717, 1.165) is 0 Å².